The molecule has 0 saturated carbocycles. The molecule has 1 aromatic carbocycles. The van der Waals surface area contributed by atoms with E-state index in [2.05, 4.69) is 69.4 Å². The number of aromatic amines is 4. The van der Waals surface area contributed by atoms with Gasteiger partial charge in [0.1, 0.15) is 0 Å². The zero-order valence-electron chi connectivity index (χ0n) is 12.7. The highest BCUT2D eigenvalue weighted by molar-refractivity contribution is 9.11. The summed E-state index contributed by atoms with van der Waals surface area (Å²) in [5, 5.41) is 6.97. The van der Waals surface area contributed by atoms with Crippen LogP contribution in [0.5, 0.6) is 0 Å². The highest BCUT2D eigenvalue weighted by Gasteiger charge is 2.16. The minimum Gasteiger partial charge on any atom is -0.294 e. The van der Waals surface area contributed by atoms with Crippen LogP contribution in [-0.4, -0.2) is 23.7 Å². The molecule has 0 saturated heterocycles. The molecule has 1 atom stereocenters. The Morgan fingerprint density at radius 2 is 1.59 bits per heavy atom. The number of fused-ring (bicyclic) bond motifs is 2. The van der Waals surface area contributed by atoms with Crippen LogP contribution in [0.4, 0.5) is 0 Å². The van der Waals surface area contributed by atoms with E-state index in [0.29, 0.717) is 5.92 Å². The van der Waals surface area contributed by atoms with Gasteiger partial charge in [0.25, 0.3) is 0 Å². The van der Waals surface area contributed by atoms with E-state index in [0.717, 1.165) is 37.6 Å². The summed E-state index contributed by atoms with van der Waals surface area (Å²) >= 11 is 8.89. The first kappa shape index (κ1) is 16.3. The Kier molecular flexibility index (Phi) is 5.09. The van der Waals surface area contributed by atoms with Crippen molar-refractivity contribution in [3.63, 3.8) is 0 Å². The Morgan fingerprint density at radius 1 is 1.00 bits per heavy atom. The average molecular weight is 451 g/mol. The summed E-state index contributed by atoms with van der Waals surface area (Å²) in [5.41, 5.74) is 4.30. The third kappa shape index (κ3) is 2.92. The van der Waals surface area contributed by atoms with Gasteiger partial charge in [0.2, 0.25) is 0 Å². The molecule has 22 heavy (non-hydrogen) atoms. The standard InChI is InChI=1S/C14H21Br2N5S/c1-3-5-6-8(4-2)7-21-17-11-9(15)13-14(20-22-19-13)10(16)12(11)18-21/h8,17-20H,3-7H2,1-2H3. The van der Waals surface area contributed by atoms with Gasteiger partial charge in [-0.15, -0.1) is 0 Å². The number of nitrogens with one attached hydrogen (secondary N) is 4. The van der Waals surface area contributed by atoms with Crippen molar-refractivity contribution < 1.29 is 0 Å². The van der Waals surface area contributed by atoms with Gasteiger partial charge in [-0.25, -0.2) is 4.80 Å². The van der Waals surface area contributed by atoms with Gasteiger partial charge in [-0.1, -0.05) is 33.1 Å². The predicted octanol–water partition coefficient (Wildman–Crippen LogP) is 6.03. The number of halogens is 2. The van der Waals surface area contributed by atoms with Crippen LogP contribution in [0.2, 0.25) is 0 Å². The lowest BCUT2D eigenvalue weighted by molar-refractivity contribution is 0.351. The maximum absolute atomic E-state index is 3.70. The molecule has 0 aliphatic carbocycles. The van der Waals surface area contributed by atoms with Crippen molar-refractivity contribution >= 4 is 65.7 Å². The fourth-order valence-corrected chi connectivity index (χ4v) is 4.88. The van der Waals surface area contributed by atoms with Gasteiger partial charge in [-0.05, 0) is 44.2 Å². The van der Waals surface area contributed by atoms with Crippen molar-refractivity contribution in [2.45, 2.75) is 46.1 Å². The molecule has 3 rings (SSSR count). The summed E-state index contributed by atoms with van der Waals surface area (Å²) in [6.07, 6.45) is 5.04. The van der Waals surface area contributed by atoms with E-state index in [-0.39, 0.29) is 0 Å². The van der Waals surface area contributed by atoms with E-state index < -0.39 is 0 Å². The summed E-state index contributed by atoms with van der Waals surface area (Å²) in [4.78, 5) is 2.10. The lowest BCUT2D eigenvalue weighted by Crippen LogP contribution is -2.12. The molecule has 0 aliphatic rings. The van der Waals surface area contributed by atoms with Gasteiger partial charge >= 0.3 is 0 Å². The predicted molar refractivity (Wildman–Crippen MR) is 101 cm³/mol. The molecule has 0 fully saturated rings. The summed E-state index contributed by atoms with van der Waals surface area (Å²) in [5.74, 6) is 0.700. The fourth-order valence-electron chi connectivity index (χ4n) is 2.78. The number of hydrogen-bond donors (Lipinski definition) is 4. The molecule has 0 aliphatic heterocycles. The van der Waals surface area contributed by atoms with Crippen molar-refractivity contribution in [3.05, 3.63) is 8.95 Å². The lowest BCUT2D eigenvalue weighted by atomic mass is 10.00. The molecule has 0 radical (unpaired) electrons. The van der Waals surface area contributed by atoms with E-state index in [1.54, 1.807) is 0 Å². The van der Waals surface area contributed by atoms with Crippen molar-refractivity contribution in [2.75, 3.05) is 0 Å². The van der Waals surface area contributed by atoms with Crippen LogP contribution in [-0.2, 0) is 6.54 Å². The molecule has 1 unspecified atom stereocenters. The summed E-state index contributed by atoms with van der Waals surface area (Å²) in [6.45, 7) is 5.52. The molecule has 3 aromatic rings. The van der Waals surface area contributed by atoms with Crippen LogP contribution in [0.15, 0.2) is 8.95 Å². The topological polar surface area (TPSA) is 68.1 Å². The number of rotatable bonds is 6. The minimum absolute atomic E-state index is 0.700. The van der Waals surface area contributed by atoms with Crippen molar-refractivity contribution in [1.82, 2.24) is 23.7 Å². The van der Waals surface area contributed by atoms with Gasteiger partial charge in [0.05, 0.1) is 37.6 Å². The maximum atomic E-state index is 3.70. The molecule has 0 spiro atoms. The van der Waals surface area contributed by atoms with E-state index in [4.69, 9.17) is 0 Å². The smallest absolute Gasteiger partial charge is 0.0983 e. The zero-order chi connectivity index (χ0) is 15.7. The molecule has 0 bridgehead atoms. The second-order valence-electron chi connectivity index (χ2n) is 5.68. The normalized spacial score (nSPS) is 13.3. The first-order valence-corrected chi connectivity index (χ1v) is 10.1. The monoisotopic (exact) mass is 449 g/mol. The molecular weight excluding hydrogens is 430 g/mol. The molecule has 4 N–H and O–H groups in total. The van der Waals surface area contributed by atoms with Gasteiger partial charge in [-0.2, -0.15) is 0 Å². The zero-order valence-corrected chi connectivity index (χ0v) is 16.7. The maximum Gasteiger partial charge on any atom is 0.0983 e. The number of unbranched alkanes of at least 4 members (excludes halogenated alkanes) is 1. The second kappa shape index (κ2) is 6.88. The number of aromatic nitrogens is 5. The van der Waals surface area contributed by atoms with Crippen LogP contribution < -0.4 is 0 Å². The number of hydrogen-bond acceptors (Lipinski definition) is 1. The van der Waals surface area contributed by atoms with Crippen LogP contribution in [0, 0.1) is 5.92 Å². The fraction of sp³-hybridized carbons (Fsp3) is 0.571. The Hall–Kier alpha value is -0.600. The van der Waals surface area contributed by atoms with Gasteiger partial charge < -0.3 is 0 Å². The Labute approximate surface area is 150 Å². The van der Waals surface area contributed by atoms with Crippen molar-refractivity contribution in [1.29, 1.82) is 0 Å². The van der Waals surface area contributed by atoms with Crippen LogP contribution in [0.1, 0.15) is 39.5 Å². The highest BCUT2D eigenvalue weighted by atomic mass is 79.9. The van der Waals surface area contributed by atoms with E-state index in [1.165, 1.54) is 37.4 Å². The largest absolute Gasteiger partial charge is 0.294 e. The molecule has 8 heteroatoms. The number of H-pyrrole nitrogens is 4. The molecule has 0 amide bonds. The number of nitrogens with zero attached hydrogens (tertiary/aromatic N) is 1. The average Bonchev–Trinajstić information content (AvgIpc) is 3.16. The van der Waals surface area contributed by atoms with Crippen LogP contribution in [0.25, 0.3) is 22.1 Å². The summed E-state index contributed by atoms with van der Waals surface area (Å²) in [7, 11) is 0. The Bertz CT molecular complexity index is 743. The highest BCUT2D eigenvalue weighted by Crippen LogP contribution is 2.36. The van der Waals surface area contributed by atoms with Gasteiger partial charge in [0, 0.05) is 11.7 Å². The first-order valence-electron chi connectivity index (χ1n) is 7.69. The quantitative estimate of drug-likeness (QED) is 0.354. The third-order valence-corrected chi connectivity index (χ3v) is 6.36. The molecule has 5 nitrogen and oxygen atoms in total. The van der Waals surface area contributed by atoms with Crippen molar-refractivity contribution in [3.8, 4) is 0 Å². The van der Waals surface area contributed by atoms with Crippen LogP contribution in [0.3, 0.4) is 0 Å². The molecule has 2 aromatic heterocycles. The Balaban J connectivity index is 1.99. The van der Waals surface area contributed by atoms with Crippen molar-refractivity contribution in [2.24, 2.45) is 5.92 Å². The molecular formula is C14H21Br2N5S. The third-order valence-electron chi connectivity index (χ3n) is 4.16. The molecule has 122 valence electrons. The Morgan fingerprint density at radius 3 is 2.09 bits per heavy atom. The van der Waals surface area contributed by atoms with Crippen LogP contribution >= 0.6 is 43.6 Å². The van der Waals surface area contributed by atoms with E-state index in [1.807, 2.05) is 0 Å². The second-order valence-corrected chi connectivity index (χ2v) is 7.88. The first-order chi connectivity index (χ1) is 10.7. The molecule has 2 heterocycles. The minimum atomic E-state index is 0.700. The summed E-state index contributed by atoms with van der Waals surface area (Å²) < 4.78 is 8.65. The lowest BCUT2D eigenvalue weighted by Gasteiger charge is -2.14. The van der Waals surface area contributed by atoms with E-state index in [9.17, 15) is 0 Å². The SMILES string of the molecule is CCCCC(CC)Cn1[nH]c2c(Br)c3[nH]s[nH]c3c(Br)c2[nH]1. The summed E-state index contributed by atoms with van der Waals surface area (Å²) in [6, 6.07) is 0. The van der Waals surface area contributed by atoms with Gasteiger partial charge in [-0.3, -0.25) is 18.9 Å². The van der Waals surface area contributed by atoms with E-state index >= 15 is 0 Å². The number of benzene rings is 1. The van der Waals surface area contributed by atoms with Gasteiger partial charge in [0.15, 0.2) is 0 Å².